The quantitative estimate of drug-likeness (QED) is 0.673. The van der Waals surface area contributed by atoms with Crippen molar-refractivity contribution in [3.05, 3.63) is 64.1 Å². The van der Waals surface area contributed by atoms with Crippen LogP contribution >= 0.6 is 11.3 Å². The number of thiophene rings is 1. The fourth-order valence-corrected chi connectivity index (χ4v) is 2.03. The van der Waals surface area contributed by atoms with Crippen LogP contribution in [-0.4, -0.2) is 11.8 Å². The molecular weight excluding hydrogens is 279 g/mol. The van der Waals surface area contributed by atoms with Gasteiger partial charge in [-0.3, -0.25) is 20.4 Å². The zero-order chi connectivity index (χ0) is 14.4. The van der Waals surface area contributed by atoms with Crippen molar-refractivity contribution in [1.29, 1.82) is 0 Å². The third-order valence-electron chi connectivity index (χ3n) is 2.32. The summed E-state index contributed by atoms with van der Waals surface area (Å²) < 4.78 is 12.9. The van der Waals surface area contributed by atoms with Crippen LogP contribution in [0.15, 0.2) is 47.9 Å². The molecule has 1 aromatic carbocycles. The summed E-state index contributed by atoms with van der Waals surface area (Å²) >= 11 is 1.27. The van der Waals surface area contributed by atoms with Gasteiger partial charge in [-0.15, -0.1) is 11.3 Å². The second kappa shape index (κ2) is 6.63. The lowest BCUT2D eigenvalue weighted by molar-refractivity contribution is -0.117. The van der Waals surface area contributed by atoms with Gasteiger partial charge in [-0.05, 0) is 35.2 Å². The Morgan fingerprint density at radius 1 is 1.15 bits per heavy atom. The lowest BCUT2D eigenvalue weighted by Gasteiger charge is -2.02. The summed E-state index contributed by atoms with van der Waals surface area (Å²) in [7, 11) is 0. The first-order chi connectivity index (χ1) is 9.65. The zero-order valence-corrected chi connectivity index (χ0v) is 11.1. The maximum absolute atomic E-state index is 12.9. The van der Waals surface area contributed by atoms with Gasteiger partial charge in [0.2, 0.25) is 0 Å². The molecule has 0 aliphatic heterocycles. The lowest BCUT2D eigenvalue weighted by atomic mass is 10.2. The van der Waals surface area contributed by atoms with E-state index in [4.69, 9.17) is 0 Å². The number of carbonyl (C=O) groups excluding carboxylic acids is 2. The van der Waals surface area contributed by atoms with E-state index < -0.39 is 5.91 Å². The number of carbonyl (C=O) groups is 2. The molecule has 0 aliphatic rings. The average molecular weight is 290 g/mol. The van der Waals surface area contributed by atoms with E-state index in [0.717, 1.165) is 0 Å². The number of hydrogen-bond donors (Lipinski definition) is 2. The fourth-order valence-electron chi connectivity index (χ4n) is 1.41. The highest BCUT2D eigenvalue weighted by molar-refractivity contribution is 7.12. The van der Waals surface area contributed by atoms with Gasteiger partial charge in [-0.25, -0.2) is 4.39 Å². The molecule has 1 heterocycles. The summed E-state index contributed by atoms with van der Waals surface area (Å²) in [6, 6.07) is 9.22. The molecule has 2 amide bonds. The number of nitrogens with one attached hydrogen (secondary N) is 2. The van der Waals surface area contributed by atoms with Crippen molar-refractivity contribution in [1.82, 2.24) is 10.9 Å². The maximum atomic E-state index is 12.9. The van der Waals surface area contributed by atoms with E-state index in [2.05, 4.69) is 10.9 Å². The zero-order valence-electron chi connectivity index (χ0n) is 10.3. The highest BCUT2D eigenvalue weighted by Crippen LogP contribution is 2.07. The molecule has 0 unspecified atom stereocenters. The van der Waals surface area contributed by atoms with Crippen LogP contribution in [-0.2, 0) is 4.79 Å². The molecule has 20 heavy (non-hydrogen) atoms. The molecule has 102 valence electrons. The van der Waals surface area contributed by atoms with Crippen molar-refractivity contribution >= 4 is 29.2 Å². The van der Waals surface area contributed by atoms with E-state index in [-0.39, 0.29) is 11.7 Å². The third kappa shape index (κ3) is 4.03. The molecule has 0 radical (unpaired) electrons. The number of halogens is 1. The van der Waals surface area contributed by atoms with E-state index in [9.17, 15) is 14.0 Å². The van der Waals surface area contributed by atoms with Crippen molar-refractivity contribution in [2.24, 2.45) is 0 Å². The topological polar surface area (TPSA) is 58.2 Å². The van der Waals surface area contributed by atoms with Crippen molar-refractivity contribution in [3.63, 3.8) is 0 Å². The predicted octanol–water partition coefficient (Wildman–Crippen LogP) is 2.36. The van der Waals surface area contributed by atoms with Crippen molar-refractivity contribution in [2.75, 3.05) is 0 Å². The van der Waals surface area contributed by atoms with Crippen LogP contribution < -0.4 is 10.9 Å². The van der Waals surface area contributed by atoms with Gasteiger partial charge in [0.25, 0.3) is 11.8 Å². The lowest BCUT2D eigenvalue weighted by Crippen LogP contribution is -2.40. The first-order valence-corrected chi connectivity index (χ1v) is 6.60. The van der Waals surface area contributed by atoms with E-state index >= 15 is 0 Å². The molecule has 0 fully saturated rings. The van der Waals surface area contributed by atoms with Crippen molar-refractivity contribution < 1.29 is 14.0 Å². The number of amides is 2. The van der Waals surface area contributed by atoms with E-state index in [1.165, 1.54) is 35.6 Å². The smallest absolute Gasteiger partial charge is 0.268 e. The van der Waals surface area contributed by atoms with Crippen LogP contribution in [0.25, 0.3) is 6.08 Å². The molecule has 0 saturated heterocycles. The summed E-state index contributed by atoms with van der Waals surface area (Å²) in [4.78, 5) is 23.5. The molecule has 2 N–H and O–H groups in total. The summed E-state index contributed by atoms with van der Waals surface area (Å²) in [5, 5.41) is 1.76. The second-order valence-corrected chi connectivity index (χ2v) is 4.76. The van der Waals surface area contributed by atoms with Crippen LogP contribution in [0.3, 0.4) is 0 Å². The van der Waals surface area contributed by atoms with Crippen LogP contribution in [0.4, 0.5) is 4.39 Å². The Morgan fingerprint density at radius 3 is 2.70 bits per heavy atom. The van der Waals surface area contributed by atoms with Gasteiger partial charge in [-0.1, -0.05) is 18.2 Å². The van der Waals surface area contributed by atoms with Gasteiger partial charge < -0.3 is 0 Å². The van der Waals surface area contributed by atoms with E-state index in [1.54, 1.807) is 29.6 Å². The minimum atomic E-state index is -0.501. The number of hydrogen-bond acceptors (Lipinski definition) is 3. The summed E-state index contributed by atoms with van der Waals surface area (Å²) in [5.41, 5.74) is 5.08. The SMILES string of the molecule is O=C(/C=C/c1cccc(F)c1)NNC(=O)c1cccs1. The minimum absolute atomic E-state index is 0.376. The number of hydrazine groups is 1. The van der Waals surface area contributed by atoms with Crippen molar-refractivity contribution in [2.45, 2.75) is 0 Å². The van der Waals surface area contributed by atoms with E-state index in [0.29, 0.717) is 10.4 Å². The Labute approximate surface area is 118 Å². The van der Waals surface area contributed by atoms with Gasteiger partial charge in [0.05, 0.1) is 4.88 Å². The van der Waals surface area contributed by atoms with Gasteiger partial charge in [0, 0.05) is 6.08 Å². The molecule has 2 rings (SSSR count). The van der Waals surface area contributed by atoms with Crippen molar-refractivity contribution in [3.8, 4) is 0 Å². The van der Waals surface area contributed by atoms with Gasteiger partial charge in [0.15, 0.2) is 0 Å². The molecule has 0 atom stereocenters. The molecule has 0 aliphatic carbocycles. The monoisotopic (exact) mass is 290 g/mol. The highest BCUT2D eigenvalue weighted by Gasteiger charge is 2.06. The Bertz CT molecular complexity index is 638. The molecule has 2 aromatic rings. The predicted molar refractivity (Wildman–Crippen MR) is 75.4 cm³/mol. The van der Waals surface area contributed by atoms with Crippen LogP contribution in [0.2, 0.25) is 0 Å². The van der Waals surface area contributed by atoms with Gasteiger partial charge in [0.1, 0.15) is 5.82 Å². The Morgan fingerprint density at radius 2 is 2.00 bits per heavy atom. The van der Waals surface area contributed by atoms with Crippen LogP contribution in [0.5, 0.6) is 0 Å². The molecule has 1 aromatic heterocycles. The first-order valence-electron chi connectivity index (χ1n) is 5.72. The minimum Gasteiger partial charge on any atom is -0.268 e. The van der Waals surface area contributed by atoms with Gasteiger partial charge in [-0.2, -0.15) is 0 Å². The number of rotatable bonds is 3. The second-order valence-electron chi connectivity index (χ2n) is 3.81. The highest BCUT2D eigenvalue weighted by atomic mass is 32.1. The molecule has 6 heteroatoms. The fraction of sp³-hybridized carbons (Fsp3) is 0. The summed E-state index contributed by atoms with van der Waals surface area (Å²) in [5.74, 6) is -1.26. The largest absolute Gasteiger partial charge is 0.279 e. The molecule has 0 spiro atoms. The average Bonchev–Trinajstić information content (AvgIpc) is 2.97. The third-order valence-corrected chi connectivity index (χ3v) is 3.19. The molecular formula is C14H11FN2O2S. The van der Waals surface area contributed by atoms with Gasteiger partial charge >= 0.3 is 0 Å². The number of benzene rings is 1. The Hall–Kier alpha value is -2.47. The van der Waals surface area contributed by atoms with E-state index in [1.807, 2.05) is 0 Å². The Kier molecular flexibility index (Phi) is 4.62. The standard InChI is InChI=1S/C14H11FN2O2S/c15-11-4-1-3-10(9-11)6-7-13(18)16-17-14(19)12-5-2-8-20-12/h1-9H,(H,16,18)(H,17,19)/b7-6+. The normalized spacial score (nSPS) is 10.4. The van der Waals surface area contributed by atoms with Crippen LogP contribution in [0.1, 0.15) is 15.2 Å². The molecule has 0 bridgehead atoms. The first kappa shape index (κ1) is 14.0. The summed E-state index contributed by atoms with van der Waals surface area (Å²) in [6.07, 6.45) is 2.67. The molecule has 4 nitrogen and oxygen atoms in total. The van der Waals surface area contributed by atoms with Crippen LogP contribution in [0, 0.1) is 5.82 Å². The summed E-state index contributed by atoms with van der Waals surface area (Å²) in [6.45, 7) is 0. The molecule has 0 saturated carbocycles. The maximum Gasteiger partial charge on any atom is 0.279 e. The Balaban J connectivity index is 1.85.